The Morgan fingerprint density at radius 3 is 2.72 bits per heavy atom. The summed E-state index contributed by atoms with van der Waals surface area (Å²) in [5.41, 5.74) is 5.69. The van der Waals surface area contributed by atoms with Crippen LogP contribution < -0.4 is 21.7 Å². The number of amides is 4. The maximum Gasteiger partial charge on any atom is 0.322 e. The molecule has 1 aliphatic heterocycles. The zero-order chi connectivity index (χ0) is 25.4. The summed E-state index contributed by atoms with van der Waals surface area (Å²) in [4.78, 5) is 49.9. The first-order chi connectivity index (χ1) is 17.3. The van der Waals surface area contributed by atoms with E-state index in [1.165, 1.54) is 30.6 Å². The Kier molecular flexibility index (Phi) is 6.00. The van der Waals surface area contributed by atoms with Gasteiger partial charge in [-0.3, -0.25) is 14.9 Å². The van der Waals surface area contributed by atoms with E-state index < -0.39 is 41.3 Å². The SMILES string of the molecule is Nc1ncnc2c1ncn2[C@H]1CCC[C@H](NC(=O)CC[C@@]2(c3ccc(F)cc3)NC(=O)NC2=O)[C@@H]1O. The van der Waals surface area contributed by atoms with Gasteiger partial charge in [-0.2, -0.15) is 0 Å². The van der Waals surface area contributed by atoms with Gasteiger partial charge in [-0.05, 0) is 43.4 Å². The molecule has 36 heavy (non-hydrogen) atoms. The van der Waals surface area contributed by atoms with Crippen LogP contribution in [-0.4, -0.2) is 54.6 Å². The minimum Gasteiger partial charge on any atom is -0.389 e. The number of aromatic nitrogens is 4. The molecule has 3 aromatic rings. The zero-order valence-corrected chi connectivity index (χ0v) is 19.1. The van der Waals surface area contributed by atoms with Crippen molar-refractivity contribution in [1.82, 2.24) is 35.5 Å². The van der Waals surface area contributed by atoms with Crippen molar-refractivity contribution in [2.24, 2.45) is 0 Å². The van der Waals surface area contributed by atoms with Crippen LogP contribution in [0.15, 0.2) is 36.9 Å². The number of carbonyl (C=O) groups is 3. The van der Waals surface area contributed by atoms with Gasteiger partial charge in [0.15, 0.2) is 11.5 Å². The number of nitrogens with one attached hydrogen (secondary N) is 3. The summed E-state index contributed by atoms with van der Waals surface area (Å²) in [5.74, 6) is -1.25. The van der Waals surface area contributed by atoms with Crippen molar-refractivity contribution in [3.8, 4) is 0 Å². The highest BCUT2D eigenvalue weighted by molar-refractivity contribution is 6.07. The van der Waals surface area contributed by atoms with E-state index in [1.54, 1.807) is 10.9 Å². The molecule has 4 atom stereocenters. The van der Waals surface area contributed by atoms with E-state index in [0.717, 1.165) is 6.42 Å². The van der Waals surface area contributed by atoms with Crippen LogP contribution in [0.4, 0.5) is 15.0 Å². The number of aliphatic hydroxyl groups is 1. The molecule has 1 saturated carbocycles. The average Bonchev–Trinajstić information content (AvgIpc) is 3.41. The van der Waals surface area contributed by atoms with Gasteiger partial charge in [-0.15, -0.1) is 0 Å². The number of rotatable bonds is 6. The summed E-state index contributed by atoms with van der Waals surface area (Å²) < 4.78 is 15.2. The van der Waals surface area contributed by atoms with Crippen molar-refractivity contribution in [1.29, 1.82) is 0 Å². The lowest BCUT2D eigenvalue weighted by molar-refractivity contribution is -0.126. The molecule has 3 heterocycles. The summed E-state index contributed by atoms with van der Waals surface area (Å²) in [6.45, 7) is 0. The van der Waals surface area contributed by atoms with E-state index in [9.17, 15) is 23.9 Å². The van der Waals surface area contributed by atoms with Crippen molar-refractivity contribution < 1.29 is 23.9 Å². The predicted octanol–water partition coefficient (Wildman–Crippen LogP) is 0.633. The molecule has 0 spiro atoms. The number of hydrogen-bond acceptors (Lipinski definition) is 8. The van der Waals surface area contributed by atoms with Crippen molar-refractivity contribution in [3.05, 3.63) is 48.3 Å². The molecule has 6 N–H and O–H groups in total. The van der Waals surface area contributed by atoms with Crippen LogP contribution in [-0.2, 0) is 15.1 Å². The number of fused-ring (bicyclic) bond motifs is 1. The first-order valence-corrected chi connectivity index (χ1v) is 11.6. The van der Waals surface area contributed by atoms with Gasteiger partial charge in [0.05, 0.1) is 24.5 Å². The molecule has 2 fully saturated rings. The molecule has 2 aromatic heterocycles. The van der Waals surface area contributed by atoms with Crippen molar-refractivity contribution in [2.45, 2.75) is 55.8 Å². The number of nitrogens with zero attached hydrogens (tertiary/aromatic N) is 4. The maximum absolute atomic E-state index is 13.4. The van der Waals surface area contributed by atoms with E-state index in [1.807, 2.05) is 0 Å². The first-order valence-electron chi connectivity index (χ1n) is 11.6. The van der Waals surface area contributed by atoms with Gasteiger partial charge in [0, 0.05) is 6.42 Å². The number of halogens is 1. The summed E-state index contributed by atoms with van der Waals surface area (Å²) in [5, 5.41) is 18.7. The number of aliphatic hydroxyl groups excluding tert-OH is 1. The number of imidazole rings is 1. The molecule has 12 nitrogen and oxygen atoms in total. The third-order valence-electron chi connectivity index (χ3n) is 6.92. The lowest BCUT2D eigenvalue weighted by Crippen LogP contribution is -2.50. The molecule has 0 unspecified atom stereocenters. The molecule has 0 bridgehead atoms. The van der Waals surface area contributed by atoms with E-state index >= 15 is 0 Å². The Morgan fingerprint density at radius 1 is 1.22 bits per heavy atom. The van der Waals surface area contributed by atoms with E-state index in [2.05, 4.69) is 30.9 Å². The third-order valence-corrected chi connectivity index (χ3v) is 6.92. The van der Waals surface area contributed by atoms with Gasteiger partial charge in [0.25, 0.3) is 5.91 Å². The highest BCUT2D eigenvalue weighted by atomic mass is 19.1. The van der Waals surface area contributed by atoms with E-state index in [4.69, 9.17) is 5.73 Å². The smallest absolute Gasteiger partial charge is 0.322 e. The normalized spacial score (nSPS) is 26.0. The summed E-state index contributed by atoms with van der Waals surface area (Å²) in [6.07, 6.45) is 3.77. The highest BCUT2D eigenvalue weighted by Crippen LogP contribution is 2.33. The summed E-state index contributed by atoms with van der Waals surface area (Å²) in [6, 6.07) is 3.57. The number of imide groups is 1. The molecule has 13 heteroatoms. The molecule has 2 aliphatic rings. The molecular formula is C23H25FN8O4. The Hall–Kier alpha value is -4.13. The molecule has 0 radical (unpaired) electrons. The van der Waals surface area contributed by atoms with Crippen molar-refractivity contribution in [2.75, 3.05) is 5.73 Å². The summed E-state index contributed by atoms with van der Waals surface area (Å²) in [7, 11) is 0. The van der Waals surface area contributed by atoms with Crippen LogP contribution in [0.1, 0.15) is 43.7 Å². The standard InChI is InChI=1S/C23H25FN8O4/c24-13-6-4-12(5-7-13)23(21(35)30-22(36)31-23)9-8-16(33)29-14-2-1-3-15(18(14)34)32-11-28-17-19(25)26-10-27-20(17)32/h4-7,10-11,14-15,18,34H,1-3,8-9H2,(H,29,33)(H2,25,26,27)(H2,30,31,35,36)/t14-,15-,18-,23-/m0/s1. The second kappa shape index (κ2) is 9.15. The van der Waals surface area contributed by atoms with Crippen LogP contribution in [0, 0.1) is 5.82 Å². The largest absolute Gasteiger partial charge is 0.389 e. The van der Waals surface area contributed by atoms with Crippen molar-refractivity contribution in [3.63, 3.8) is 0 Å². The first kappa shape index (κ1) is 23.6. The van der Waals surface area contributed by atoms with Gasteiger partial charge in [-0.25, -0.2) is 24.1 Å². The monoisotopic (exact) mass is 496 g/mol. The number of benzene rings is 1. The lowest BCUT2D eigenvalue weighted by Gasteiger charge is -2.36. The van der Waals surface area contributed by atoms with E-state index in [0.29, 0.717) is 29.6 Å². The number of anilines is 1. The topological polar surface area (TPSA) is 177 Å². The lowest BCUT2D eigenvalue weighted by atomic mass is 9.84. The van der Waals surface area contributed by atoms with Gasteiger partial charge < -0.3 is 26.0 Å². The molecule has 4 amide bonds. The minimum atomic E-state index is -1.49. The summed E-state index contributed by atoms with van der Waals surface area (Å²) >= 11 is 0. The molecule has 1 aromatic carbocycles. The number of nitrogens with two attached hydrogens (primary N) is 1. The molecule has 188 valence electrons. The van der Waals surface area contributed by atoms with Gasteiger partial charge in [0.1, 0.15) is 23.2 Å². The molecule has 1 saturated heterocycles. The van der Waals surface area contributed by atoms with E-state index in [-0.39, 0.29) is 24.7 Å². The Balaban J connectivity index is 1.29. The van der Waals surface area contributed by atoms with Crippen LogP contribution >= 0.6 is 0 Å². The average molecular weight is 497 g/mol. The number of nitrogen functional groups attached to an aromatic ring is 1. The Morgan fingerprint density at radius 2 is 2.00 bits per heavy atom. The zero-order valence-electron chi connectivity index (χ0n) is 19.1. The van der Waals surface area contributed by atoms with Gasteiger partial charge in [0.2, 0.25) is 5.91 Å². The number of urea groups is 1. The van der Waals surface area contributed by atoms with Crippen LogP contribution in [0.25, 0.3) is 11.2 Å². The second-order valence-electron chi connectivity index (χ2n) is 9.07. The Labute approximate surface area is 204 Å². The fourth-order valence-electron chi connectivity index (χ4n) is 5.06. The van der Waals surface area contributed by atoms with Gasteiger partial charge in [-0.1, -0.05) is 12.1 Å². The van der Waals surface area contributed by atoms with Crippen LogP contribution in [0.2, 0.25) is 0 Å². The Bertz CT molecular complexity index is 1330. The fourth-order valence-corrected chi connectivity index (χ4v) is 5.06. The third kappa shape index (κ3) is 4.11. The van der Waals surface area contributed by atoms with Crippen LogP contribution in [0.5, 0.6) is 0 Å². The predicted molar refractivity (Wildman–Crippen MR) is 125 cm³/mol. The van der Waals surface area contributed by atoms with Crippen molar-refractivity contribution >= 4 is 34.8 Å². The minimum absolute atomic E-state index is 0.0450. The van der Waals surface area contributed by atoms with Gasteiger partial charge >= 0.3 is 6.03 Å². The molecular weight excluding hydrogens is 471 g/mol. The fraction of sp³-hybridized carbons (Fsp3) is 0.391. The highest BCUT2D eigenvalue weighted by Gasteiger charge is 2.47. The molecule has 1 aliphatic carbocycles. The van der Waals surface area contributed by atoms with Crippen LogP contribution in [0.3, 0.4) is 0 Å². The quantitative estimate of drug-likeness (QED) is 0.309. The maximum atomic E-state index is 13.4. The number of hydrogen-bond donors (Lipinski definition) is 5. The number of carbonyl (C=O) groups excluding carboxylic acids is 3. The second-order valence-corrected chi connectivity index (χ2v) is 9.07. The molecule has 5 rings (SSSR count).